The van der Waals surface area contributed by atoms with Gasteiger partial charge in [0.2, 0.25) is 0 Å². The van der Waals surface area contributed by atoms with Crippen LogP contribution in [0.5, 0.6) is 0 Å². The first-order valence-electron chi connectivity index (χ1n) is 10.1. The number of amides is 1. The van der Waals surface area contributed by atoms with Crippen molar-refractivity contribution in [1.82, 2.24) is 10.4 Å². The second-order valence-electron chi connectivity index (χ2n) is 7.67. The highest BCUT2D eigenvalue weighted by molar-refractivity contribution is 5.79. The maximum absolute atomic E-state index is 12.5. The number of fused-ring (bicyclic) bond motifs is 3. The van der Waals surface area contributed by atoms with E-state index >= 15 is 0 Å². The quantitative estimate of drug-likeness (QED) is 0.561. The third-order valence-corrected chi connectivity index (χ3v) is 5.41. The summed E-state index contributed by atoms with van der Waals surface area (Å²) in [7, 11) is 0. The molecule has 0 aromatic heterocycles. The number of hydrazine groups is 1. The molecule has 6 heteroatoms. The molecular weight excluding hydrogens is 392 g/mol. The summed E-state index contributed by atoms with van der Waals surface area (Å²) in [4.78, 5) is 23.7. The molecule has 4 rings (SSSR count). The smallest absolute Gasteiger partial charge is 0.421 e. The highest BCUT2D eigenvalue weighted by Gasteiger charge is 2.29. The van der Waals surface area contributed by atoms with Gasteiger partial charge in [-0.15, -0.1) is 0 Å². The molecule has 2 N–H and O–H groups in total. The van der Waals surface area contributed by atoms with Gasteiger partial charge in [0.15, 0.2) is 0 Å². The summed E-state index contributed by atoms with van der Waals surface area (Å²) in [5.41, 5.74) is 9.13. The van der Waals surface area contributed by atoms with E-state index < -0.39 is 12.1 Å². The van der Waals surface area contributed by atoms with Crippen molar-refractivity contribution in [2.75, 3.05) is 13.2 Å². The van der Waals surface area contributed by atoms with Crippen LogP contribution >= 0.6 is 0 Å². The van der Waals surface area contributed by atoms with Crippen LogP contribution in [0.1, 0.15) is 28.2 Å². The molecule has 0 spiro atoms. The molecule has 31 heavy (non-hydrogen) atoms. The predicted molar refractivity (Wildman–Crippen MR) is 117 cm³/mol. The average molecular weight is 416 g/mol. The van der Waals surface area contributed by atoms with Crippen LogP contribution in [-0.4, -0.2) is 35.3 Å². The highest BCUT2D eigenvalue weighted by Crippen LogP contribution is 2.44. The summed E-state index contributed by atoms with van der Waals surface area (Å²) in [6.45, 7) is 2.08. The van der Waals surface area contributed by atoms with Gasteiger partial charge in [-0.3, -0.25) is 10.2 Å². The van der Waals surface area contributed by atoms with Crippen molar-refractivity contribution in [3.05, 3.63) is 95.1 Å². The maximum atomic E-state index is 12.5. The molecule has 0 bridgehead atoms. The van der Waals surface area contributed by atoms with Crippen molar-refractivity contribution >= 4 is 12.1 Å². The van der Waals surface area contributed by atoms with Crippen molar-refractivity contribution in [1.29, 1.82) is 0 Å². The van der Waals surface area contributed by atoms with Gasteiger partial charge in [-0.25, -0.2) is 9.80 Å². The molecule has 3 aromatic carbocycles. The molecule has 3 aromatic rings. The number of hydrogen-bond acceptors (Lipinski definition) is 4. The van der Waals surface area contributed by atoms with E-state index in [1.165, 1.54) is 5.01 Å². The number of carbonyl (C=O) groups excluding carboxylic acids is 1. The Hall–Kier alpha value is -3.64. The fourth-order valence-electron chi connectivity index (χ4n) is 3.97. The van der Waals surface area contributed by atoms with Crippen molar-refractivity contribution < 1.29 is 19.4 Å². The minimum absolute atomic E-state index is 0.0526. The summed E-state index contributed by atoms with van der Waals surface area (Å²) >= 11 is 0. The van der Waals surface area contributed by atoms with E-state index in [2.05, 4.69) is 29.7 Å². The van der Waals surface area contributed by atoms with Crippen LogP contribution < -0.4 is 5.43 Å². The maximum Gasteiger partial charge on any atom is 0.421 e. The van der Waals surface area contributed by atoms with E-state index in [1.807, 2.05) is 55.5 Å². The van der Waals surface area contributed by atoms with E-state index in [4.69, 9.17) is 4.74 Å². The summed E-state index contributed by atoms with van der Waals surface area (Å²) in [5, 5.41) is 10.5. The Bertz CT molecular complexity index is 1050. The lowest BCUT2D eigenvalue weighted by molar-refractivity contribution is -0.139. The molecular formula is C25H24N2O4. The van der Waals surface area contributed by atoms with Crippen LogP contribution in [0.15, 0.2) is 72.8 Å². The van der Waals surface area contributed by atoms with Gasteiger partial charge in [-0.1, -0.05) is 78.4 Å². The fraction of sp³-hybridized carbons (Fsp3) is 0.200. The summed E-state index contributed by atoms with van der Waals surface area (Å²) in [6.07, 6.45) is -0.671. The number of aryl methyl sites for hydroxylation is 1. The molecule has 0 unspecified atom stereocenters. The lowest BCUT2D eigenvalue weighted by Gasteiger charge is -2.22. The third kappa shape index (κ3) is 4.75. The van der Waals surface area contributed by atoms with Gasteiger partial charge in [0, 0.05) is 12.5 Å². The summed E-state index contributed by atoms with van der Waals surface area (Å²) in [6, 6.07) is 23.9. The number of carboxylic acid groups (broad SMARTS) is 1. The standard InChI is InChI=1S/C25H24N2O4/c1-17-10-12-18(13-11-17)14-27(15-24(28)29)26-25(30)31-16-23-21-8-4-2-6-19(21)20-7-3-5-9-22(20)23/h2-13,23H,14-16H2,1H3,(H,26,30)(H,28,29). The van der Waals surface area contributed by atoms with Gasteiger partial charge in [0.1, 0.15) is 13.2 Å². The average Bonchev–Trinajstić information content (AvgIpc) is 3.07. The Morgan fingerprint density at radius 3 is 2.10 bits per heavy atom. The second-order valence-corrected chi connectivity index (χ2v) is 7.67. The molecule has 1 aliphatic carbocycles. The normalized spacial score (nSPS) is 12.3. The summed E-state index contributed by atoms with van der Waals surface area (Å²) < 4.78 is 5.52. The third-order valence-electron chi connectivity index (χ3n) is 5.41. The lowest BCUT2D eigenvalue weighted by atomic mass is 9.98. The highest BCUT2D eigenvalue weighted by atomic mass is 16.6. The van der Waals surface area contributed by atoms with Crippen molar-refractivity contribution in [3.8, 4) is 11.1 Å². The van der Waals surface area contributed by atoms with Gasteiger partial charge in [-0.05, 0) is 34.7 Å². The molecule has 6 nitrogen and oxygen atoms in total. The molecule has 0 heterocycles. The fourth-order valence-corrected chi connectivity index (χ4v) is 3.97. The number of ether oxygens (including phenoxy) is 1. The van der Waals surface area contributed by atoms with Crippen molar-refractivity contribution in [2.24, 2.45) is 0 Å². The minimum atomic E-state index is -1.04. The molecule has 0 aliphatic heterocycles. The molecule has 0 saturated heterocycles. The first-order valence-corrected chi connectivity index (χ1v) is 10.1. The number of aliphatic carboxylic acids is 1. The van der Waals surface area contributed by atoms with Crippen molar-refractivity contribution in [2.45, 2.75) is 19.4 Å². The van der Waals surface area contributed by atoms with Gasteiger partial charge in [0.25, 0.3) is 0 Å². The van der Waals surface area contributed by atoms with E-state index in [0.29, 0.717) is 0 Å². The number of hydrogen-bond donors (Lipinski definition) is 2. The molecule has 1 amide bonds. The van der Waals surface area contributed by atoms with Crippen molar-refractivity contribution in [3.63, 3.8) is 0 Å². The van der Waals surface area contributed by atoms with Gasteiger partial charge >= 0.3 is 12.1 Å². The molecule has 0 atom stereocenters. The Balaban J connectivity index is 1.42. The van der Waals surface area contributed by atoms with Crippen LogP contribution in [0.25, 0.3) is 11.1 Å². The number of carbonyl (C=O) groups is 2. The van der Waals surface area contributed by atoms with E-state index in [0.717, 1.165) is 33.4 Å². The molecule has 0 fully saturated rings. The van der Waals surface area contributed by atoms with Gasteiger partial charge in [-0.2, -0.15) is 0 Å². The van der Waals surface area contributed by atoms with E-state index in [-0.39, 0.29) is 25.6 Å². The predicted octanol–water partition coefficient (Wildman–Crippen LogP) is 4.34. The number of nitrogens with zero attached hydrogens (tertiary/aromatic N) is 1. The van der Waals surface area contributed by atoms with Gasteiger partial charge in [0.05, 0.1) is 0 Å². The van der Waals surface area contributed by atoms with E-state index in [1.54, 1.807) is 0 Å². The van der Waals surface area contributed by atoms with Crippen LogP contribution in [0.4, 0.5) is 4.79 Å². The van der Waals surface area contributed by atoms with Gasteiger partial charge < -0.3 is 9.84 Å². The second kappa shape index (κ2) is 9.02. The number of benzene rings is 3. The van der Waals surface area contributed by atoms with Crippen LogP contribution in [0.3, 0.4) is 0 Å². The number of carboxylic acids is 1. The number of rotatable bonds is 7. The number of nitrogens with one attached hydrogen (secondary N) is 1. The minimum Gasteiger partial charge on any atom is -0.480 e. The molecule has 0 radical (unpaired) electrons. The largest absolute Gasteiger partial charge is 0.480 e. The Labute approximate surface area is 181 Å². The zero-order chi connectivity index (χ0) is 21.8. The van der Waals surface area contributed by atoms with Crippen LogP contribution in [0.2, 0.25) is 0 Å². The zero-order valence-electron chi connectivity index (χ0n) is 17.2. The Kier molecular flexibility index (Phi) is 6.00. The zero-order valence-corrected chi connectivity index (χ0v) is 17.2. The Morgan fingerprint density at radius 1 is 0.935 bits per heavy atom. The summed E-state index contributed by atoms with van der Waals surface area (Å²) in [5.74, 6) is -1.09. The van der Waals surface area contributed by atoms with E-state index in [9.17, 15) is 14.7 Å². The van der Waals surface area contributed by atoms with Crippen LogP contribution in [-0.2, 0) is 16.1 Å². The lowest BCUT2D eigenvalue weighted by Crippen LogP contribution is -2.45. The first kappa shape index (κ1) is 20.6. The van der Waals surface area contributed by atoms with Crippen LogP contribution in [0, 0.1) is 6.92 Å². The Morgan fingerprint density at radius 2 is 1.52 bits per heavy atom. The molecule has 1 aliphatic rings. The topological polar surface area (TPSA) is 78.9 Å². The molecule has 0 saturated carbocycles. The monoisotopic (exact) mass is 416 g/mol. The first-order chi connectivity index (χ1) is 15.0. The molecule has 158 valence electrons. The SMILES string of the molecule is Cc1ccc(CN(CC(=O)O)NC(=O)OCC2c3ccccc3-c3ccccc32)cc1.